The van der Waals surface area contributed by atoms with Crippen LogP contribution in [0.15, 0.2) is 48.8 Å². The van der Waals surface area contributed by atoms with Crippen LogP contribution < -0.4 is 4.90 Å². The summed E-state index contributed by atoms with van der Waals surface area (Å²) in [6, 6.07) is 11.7. The zero-order chi connectivity index (χ0) is 18.8. The van der Waals surface area contributed by atoms with E-state index in [2.05, 4.69) is 15.5 Å². The van der Waals surface area contributed by atoms with Crippen LogP contribution in [0.4, 0.5) is 10.1 Å². The summed E-state index contributed by atoms with van der Waals surface area (Å²) in [7, 11) is 0. The summed E-state index contributed by atoms with van der Waals surface area (Å²) in [4.78, 5) is 16.7. The van der Waals surface area contributed by atoms with Crippen molar-refractivity contribution in [3.63, 3.8) is 0 Å². The molecular weight excluding hydrogens is 371 g/mol. The molecule has 1 saturated heterocycles. The molecule has 1 amide bonds. The molecule has 2 heterocycles. The number of rotatable bonds is 3. The Bertz CT molecular complexity index is 956. The number of nitrogens with zero attached hydrogens (tertiary/aromatic N) is 6. The Kier molecular flexibility index (Phi) is 4.72. The van der Waals surface area contributed by atoms with Crippen LogP contribution in [0.5, 0.6) is 0 Å². The number of carbonyl (C=O) groups excluding carboxylic acids is 1. The fourth-order valence-electron chi connectivity index (χ4n) is 3.18. The average Bonchev–Trinajstić information content (AvgIpc) is 3.23. The Balaban J connectivity index is 1.53. The second-order valence-corrected chi connectivity index (χ2v) is 6.58. The molecule has 2 aromatic carbocycles. The van der Waals surface area contributed by atoms with Gasteiger partial charge in [-0.15, -0.1) is 5.10 Å². The molecule has 1 aliphatic rings. The van der Waals surface area contributed by atoms with E-state index in [0.29, 0.717) is 48.1 Å². The fourth-order valence-corrected chi connectivity index (χ4v) is 3.34. The maximum absolute atomic E-state index is 14.0. The fraction of sp³-hybridized carbons (Fsp3) is 0.222. The number of hydrogen-bond donors (Lipinski definition) is 0. The van der Waals surface area contributed by atoms with Crippen molar-refractivity contribution in [3.05, 3.63) is 65.2 Å². The van der Waals surface area contributed by atoms with Crippen LogP contribution in [0.2, 0.25) is 5.02 Å². The molecular formula is C18H16ClFN6O. The summed E-state index contributed by atoms with van der Waals surface area (Å²) in [6.45, 7) is 2.09. The van der Waals surface area contributed by atoms with E-state index < -0.39 is 0 Å². The third kappa shape index (κ3) is 3.48. The van der Waals surface area contributed by atoms with Gasteiger partial charge < -0.3 is 9.80 Å². The minimum absolute atomic E-state index is 0.134. The van der Waals surface area contributed by atoms with Gasteiger partial charge in [-0.3, -0.25) is 4.79 Å². The normalized spacial score (nSPS) is 14.4. The molecule has 0 spiro atoms. The van der Waals surface area contributed by atoms with Gasteiger partial charge >= 0.3 is 0 Å². The predicted octanol–water partition coefficient (Wildman–Crippen LogP) is 2.42. The number of para-hydroxylation sites is 1. The Hall–Kier alpha value is -3.00. The van der Waals surface area contributed by atoms with Crippen molar-refractivity contribution in [2.75, 3.05) is 31.1 Å². The highest BCUT2D eigenvalue weighted by molar-refractivity contribution is 6.31. The van der Waals surface area contributed by atoms with E-state index in [1.54, 1.807) is 35.2 Å². The quantitative estimate of drug-likeness (QED) is 0.691. The second-order valence-electron chi connectivity index (χ2n) is 6.15. The first-order valence-corrected chi connectivity index (χ1v) is 8.83. The molecule has 0 aliphatic carbocycles. The average molecular weight is 387 g/mol. The molecule has 1 fully saturated rings. The van der Waals surface area contributed by atoms with E-state index in [4.69, 9.17) is 11.6 Å². The second kappa shape index (κ2) is 7.32. The lowest BCUT2D eigenvalue weighted by atomic mass is 10.1. The van der Waals surface area contributed by atoms with Gasteiger partial charge in [-0.05, 0) is 40.8 Å². The topological polar surface area (TPSA) is 67.2 Å². The zero-order valence-electron chi connectivity index (χ0n) is 14.3. The summed E-state index contributed by atoms with van der Waals surface area (Å²) in [5.41, 5.74) is 1.55. The summed E-state index contributed by atoms with van der Waals surface area (Å²) in [6.07, 6.45) is 1.42. The van der Waals surface area contributed by atoms with Crippen molar-refractivity contribution in [1.82, 2.24) is 25.1 Å². The summed E-state index contributed by atoms with van der Waals surface area (Å²) >= 11 is 6.08. The SMILES string of the molecule is O=C(c1ccc(Cl)cc1-n1cnnn1)N1CCN(c2ccccc2F)CC1. The van der Waals surface area contributed by atoms with Gasteiger partial charge in [0, 0.05) is 31.2 Å². The van der Waals surface area contributed by atoms with Gasteiger partial charge in [0.05, 0.1) is 16.9 Å². The van der Waals surface area contributed by atoms with Gasteiger partial charge in [0.2, 0.25) is 0 Å². The highest BCUT2D eigenvalue weighted by atomic mass is 35.5. The van der Waals surface area contributed by atoms with Gasteiger partial charge in [-0.25, -0.2) is 4.39 Å². The molecule has 7 nitrogen and oxygen atoms in total. The minimum Gasteiger partial charge on any atom is -0.366 e. The summed E-state index contributed by atoms with van der Waals surface area (Å²) < 4.78 is 15.4. The molecule has 1 aromatic heterocycles. The van der Waals surface area contributed by atoms with Crippen molar-refractivity contribution in [2.24, 2.45) is 0 Å². The number of anilines is 1. The van der Waals surface area contributed by atoms with Crippen LogP contribution in [0.1, 0.15) is 10.4 Å². The predicted molar refractivity (Wildman–Crippen MR) is 98.7 cm³/mol. The number of halogens is 2. The highest BCUT2D eigenvalue weighted by Gasteiger charge is 2.25. The maximum Gasteiger partial charge on any atom is 0.256 e. The zero-order valence-corrected chi connectivity index (χ0v) is 15.1. The van der Waals surface area contributed by atoms with Crippen LogP contribution in [-0.4, -0.2) is 57.2 Å². The third-order valence-electron chi connectivity index (χ3n) is 4.55. The van der Waals surface area contributed by atoms with Crippen LogP contribution in [0.3, 0.4) is 0 Å². The first kappa shape index (κ1) is 17.4. The number of carbonyl (C=O) groups is 1. The van der Waals surface area contributed by atoms with Crippen LogP contribution in [0.25, 0.3) is 5.69 Å². The van der Waals surface area contributed by atoms with Crippen LogP contribution in [0, 0.1) is 5.82 Å². The van der Waals surface area contributed by atoms with Gasteiger partial charge in [0.15, 0.2) is 0 Å². The van der Waals surface area contributed by atoms with Crippen LogP contribution in [-0.2, 0) is 0 Å². The van der Waals surface area contributed by atoms with E-state index in [9.17, 15) is 9.18 Å². The molecule has 27 heavy (non-hydrogen) atoms. The van der Waals surface area contributed by atoms with Gasteiger partial charge in [0.1, 0.15) is 12.1 Å². The van der Waals surface area contributed by atoms with Crippen LogP contribution >= 0.6 is 11.6 Å². The van der Waals surface area contributed by atoms with E-state index in [1.807, 2.05) is 11.0 Å². The lowest BCUT2D eigenvalue weighted by Crippen LogP contribution is -2.49. The van der Waals surface area contributed by atoms with Crippen molar-refractivity contribution in [3.8, 4) is 5.69 Å². The van der Waals surface area contributed by atoms with E-state index in [1.165, 1.54) is 17.1 Å². The Morgan fingerprint density at radius 3 is 2.52 bits per heavy atom. The Morgan fingerprint density at radius 2 is 1.81 bits per heavy atom. The lowest BCUT2D eigenvalue weighted by Gasteiger charge is -2.36. The van der Waals surface area contributed by atoms with Gasteiger partial charge in [-0.1, -0.05) is 23.7 Å². The summed E-state index contributed by atoms with van der Waals surface area (Å²) in [5, 5.41) is 11.6. The number of hydrogen-bond acceptors (Lipinski definition) is 5. The molecule has 4 rings (SSSR count). The summed E-state index contributed by atoms with van der Waals surface area (Å²) in [5.74, 6) is -0.388. The largest absolute Gasteiger partial charge is 0.366 e. The van der Waals surface area contributed by atoms with E-state index >= 15 is 0 Å². The molecule has 0 unspecified atom stereocenters. The molecule has 0 bridgehead atoms. The monoisotopic (exact) mass is 386 g/mol. The number of benzene rings is 2. The first-order chi connectivity index (χ1) is 13.1. The van der Waals surface area contributed by atoms with Crippen molar-refractivity contribution in [1.29, 1.82) is 0 Å². The van der Waals surface area contributed by atoms with Gasteiger partial charge in [0.25, 0.3) is 5.91 Å². The molecule has 3 aromatic rings. The molecule has 9 heteroatoms. The van der Waals surface area contributed by atoms with Crippen molar-refractivity contribution >= 4 is 23.2 Å². The van der Waals surface area contributed by atoms with E-state index in [-0.39, 0.29) is 11.7 Å². The first-order valence-electron chi connectivity index (χ1n) is 8.45. The number of aromatic nitrogens is 4. The Morgan fingerprint density at radius 1 is 1.04 bits per heavy atom. The molecule has 0 radical (unpaired) electrons. The van der Waals surface area contributed by atoms with E-state index in [0.717, 1.165) is 0 Å². The van der Waals surface area contributed by atoms with Crippen molar-refractivity contribution in [2.45, 2.75) is 0 Å². The molecule has 138 valence electrons. The highest BCUT2D eigenvalue weighted by Crippen LogP contribution is 2.23. The minimum atomic E-state index is -0.254. The Labute approximate surface area is 159 Å². The molecule has 1 aliphatic heterocycles. The number of tetrazole rings is 1. The molecule has 0 N–H and O–H groups in total. The maximum atomic E-state index is 14.0. The standard InChI is InChI=1S/C18H16ClFN6O/c19-13-5-6-14(17(11-13)26-12-21-22-23-26)18(27)25-9-7-24(8-10-25)16-4-2-1-3-15(16)20/h1-6,11-12H,7-10H2. The van der Waals surface area contributed by atoms with Crippen molar-refractivity contribution < 1.29 is 9.18 Å². The number of amides is 1. The smallest absolute Gasteiger partial charge is 0.256 e. The van der Waals surface area contributed by atoms with Gasteiger partial charge in [-0.2, -0.15) is 4.68 Å². The number of piperazine rings is 1. The molecule has 0 saturated carbocycles. The third-order valence-corrected chi connectivity index (χ3v) is 4.78. The lowest BCUT2D eigenvalue weighted by molar-refractivity contribution is 0.0746. The molecule has 0 atom stereocenters.